The summed E-state index contributed by atoms with van der Waals surface area (Å²) >= 11 is 1.04. The molecule has 0 aliphatic carbocycles. The third-order valence-electron chi connectivity index (χ3n) is 2.84. The first-order valence-corrected chi connectivity index (χ1v) is 7.31. The lowest BCUT2D eigenvalue weighted by Gasteiger charge is -2.10. The van der Waals surface area contributed by atoms with Gasteiger partial charge in [-0.2, -0.15) is 13.2 Å². The fourth-order valence-corrected chi connectivity index (χ4v) is 2.80. The summed E-state index contributed by atoms with van der Waals surface area (Å²) < 4.78 is 38.3. The molecule has 0 saturated carbocycles. The van der Waals surface area contributed by atoms with Gasteiger partial charge in [0.15, 0.2) is 5.78 Å². The highest BCUT2D eigenvalue weighted by atomic mass is 32.2. The van der Waals surface area contributed by atoms with Gasteiger partial charge in [-0.1, -0.05) is 54.2 Å². The van der Waals surface area contributed by atoms with Gasteiger partial charge in [-0.3, -0.25) is 4.79 Å². The second-order valence-electron chi connectivity index (χ2n) is 4.60. The Morgan fingerprint density at radius 2 is 1.50 bits per heavy atom. The monoisotopic (exact) mass is 322 g/mol. The number of hydrogen-bond donors (Lipinski definition) is 0. The van der Waals surface area contributed by atoms with Gasteiger partial charge in [0.1, 0.15) is 0 Å². The minimum atomic E-state index is -4.41. The summed E-state index contributed by atoms with van der Waals surface area (Å²) in [4.78, 5) is 12.1. The van der Waals surface area contributed by atoms with Crippen molar-refractivity contribution in [2.45, 2.75) is 18.0 Å². The third kappa shape index (κ3) is 4.77. The average molecular weight is 322 g/mol. The van der Waals surface area contributed by atoms with Gasteiger partial charge < -0.3 is 0 Å². The van der Waals surface area contributed by atoms with Crippen LogP contribution in [0.5, 0.6) is 0 Å². The lowest BCUT2D eigenvalue weighted by atomic mass is 10.1. The largest absolute Gasteiger partial charge is 0.410 e. The standard InChI is InChI=1S/C17H13F3OS/c1-12(21)13-7-9-14(10-8-13)16(11-17(18,19)20)22-15-5-3-2-4-6-15/h2-11H,1H3/b16-11+. The van der Waals surface area contributed by atoms with Crippen LogP contribution in [0.25, 0.3) is 4.91 Å². The van der Waals surface area contributed by atoms with E-state index in [-0.39, 0.29) is 16.8 Å². The molecule has 1 nitrogen and oxygen atoms in total. The normalized spacial score (nSPS) is 12.3. The molecule has 0 amide bonds. The second kappa shape index (κ2) is 6.83. The quantitative estimate of drug-likeness (QED) is 0.539. The van der Waals surface area contributed by atoms with Crippen LogP contribution in [0, 0.1) is 0 Å². The maximum atomic E-state index is 12.8. The van der Waals surface area contributed by atoms with Crippen LogP contribution in [-0.4, -0.2) is 12.0 Å². The molecule has 22 heavy (non-hydrogen) atoms. The first-order valence-electron chi connectivity index (χ1n) is 6.49. The van der Waals surface area contributed by atoms with Crippen LogP contribution >= 0.6 is 11.8 Å². The number of carbonyl (C=O) groups excluding carboxylic acids is 1. The number of carbonyl (C=O) groups is 1. The topological polar surface area (TPSA) is 17.1 Å². The molecule has 2 aromatic carbocycles. The summed E-state index contributed by atoms with van der Waals surface area (Å²) in [7, 11) is 0. The fourth-order valence-electron chi connectivity index (χ4n) is 1.81. The van der Waals surface area contributed by atoms with Crippen molar-refractivity contribution < 1.29 is 18.0 Å². The van der Waals surface area contributed by atoms with E-state index < -0.39 is 6.18 Å². The van der Waals surface area contributed by atoms with Crippen LogP contribution in [-0.2, 0) is 0 Å². The SMILES string of the molecule is CC(=O)c1ccc(/C(=C\C(F)(F)F)Sc2ccccc2)cc1. The molecule has 0 saturated heterocycles. The highest BCUT2D eigenvalue weighted by Gasteiger charge is 2.25. The lowest BCUT2D eigenvalue weighted by molar-refractivity contribution is -0.0791. The zero-order valence-corrected chi connectivity index (χ0v) is 12.5. The molecule has 0 N–H and O–H groups in total. The van der Waals surface area contributed by atoms with E-state index in [0.29, 0.717) is 16.0 Å². The van der Waals surface area contributed by atoms with Crippen molar-refractivity contribution >= 4 is 22.5 Å². The van der Waals surface area contributed by atoms with Gasteiger partial charge in [-0.25, -0.2) is 0 Å². The van der Waals surface area contributed by atoms with E-state index in [1.54, 1.807) is 30.3 Å². The zero-order chi connectivity index (χ0) is 16.2. The third-order valence-corrected chi connectivity index (χ3v) is 3.92. The van der Waals surface area contributed by atoms with Crippen LogP contribution in [0.3, 0.4) is 0 Å². The Kier molecular flexibility index (Phi) is 5.08. The number of rotatable bonds is 4. The van der Waals surface area contributed by atoms with Gasteiger partial charge in [0.05, 0.1) is 0 Å². The second-order valence-corrected chi connectivity index (χ2v) is 5.71. The zero-order valence-electron chi connectivity index (χ0n) is 11.7. The van der Waals surface area contributed by atoms with Gasteiger partial charge in [-0.05, 0) is 24.6 Å². The molecule has 0 aromatic heterocycles. The summed E-state index contributed by atoms with van der Waals surface area (Å²) in [5.74, 6) is -0.122. The number of allylic oxidation sites excluding steroid dienone is 1. The van der Waals surface area contributed by atoms with Crippen molar-refractivity contribution in [3.8, 4) is 0 Å². The summed E-state index contributed by atoms with van der Waals surface area (Å²) in [5.41, 5.74) is 0.899. The van der Waals surface area contributed by atoms with Crippen LogP contribution in [0.15, 0.2) is 65.6 Å². The maximum Gasteiger partial charge on any atom is 0.410 e. The van der Waals surface area contributed by atoms with Crippen molar-refractivity contribution in [3.63, 3.8) is 0 Å². The molecule has 0 aliphatic rings. The van der Waals surface area contributed by atoms with E-state index >= 15 is 0 Å². The lowest BCUT2D eigenvalue weighted by Crippen LogP contribution is -2.02. The van der Waals surface area contributed by atoms with Crippen molar-refractivity contribution in [2.75, 3.05) is 0 Å². The van der Waals surface area contributed by atoms with Gasteiger partial charge in [0.25, 0.3) is 0 Å². The molecule has 0 bridgehead atoms. The number of Topliss-reactive ketones (excluding diaryl/α,β-unsaturated/α-hetero) is 1. The number of hydrogen-bond acceptors (Lipinski definition) is 2. The van der Waals surface area contributed by atoms with E-state index in [0.717, 1.165) is 11.8 Å². The number of alkyl halides is 3. The molecule has 0 heterocycles. The molecular weight excluding hydrogens is 309 g/mol. The van der Waals surface area contributed by atoms with E-state index in [1.165, 1.54) is 31.2 Å². The van der Waals surface area contributed by atoms with Gasteiger partial charge in [0.2, 0.25) is 0 Å². The molecule has 2 aromatic rings. The highest BCUT2D eigenvalue weighted by Crippen LogP contribution is 2.37. The Labute approximate surface area is 130 Å². The first kappa shape index (κ1) is 16.4. The molecule has 0 spiro atoms. The predicted molar refractivity (Wildman–Crippen MR) is 82.8 cm³/mol. The van der Waals surface area contributed by atoms with Gasteiger partial charge in [-0.15, -0.1) is 0 Å². The summed E-state index contributed by atoms with van der Waals surface area (Å²) in [6, 6.07) is 15.0. The van der Waals surface area contributed by atoms with Gasteiger partial charge in [0, 0.05) is 21.4 Å². The van der Waals surface area contributed by atoms with Crippen LogP contribution in [0.2, 0.25) is 0 Å². The molecule has 0 unspecified atom stereocenters. The number of thioether (sulfide) groups is 1. The van der Waals surface area contributed by atoms with E-state index in [2.05, 4.69) is 0 Å². The Balaban J connectivity index is 2.36. The molecule has 0 radical (unpaired) electrons. The number of halogens is 3. The number of ketones is 1. The molecule has 5 heteroatoms. The smallest absolute Gasteiger partial charge is 0.295 e. The Morgan fingerprint density at radius 3 is 2.00 bits per heavy atom. The molecule has 0 aliphatic heterocycles. The van der Waals surface area contributed by atoms with E-state index in [9.17, 15) is 18.0 Å². The van der Waals surface area contributed by atoms with Crippen LogP contribution in [0.1, 0.15) is 22.8 Å². The minimum absolute atomic E-state index is 0.0915. The van der Waals surface area contributed by atoms with Crippen molar-refractivity contribution in [2.24, 2.45) is 0 Å². The molecule has 114 valence electrons. The predicted octanol–water partition coefficient (Wildman–Crippen LogP) is 5.58. The van der Waals surface area contributed by atoms with Crippen LogP contribution < -0.4 is 0 Å². The molecule has 2 rings (SSSR count). The molecule has 0 fully saturated rings. The Bertz CT molecular complexity index is 673. The Hall–Kier alpha value is -2.01. The van der Waals surface area contributed by atoms with E-state index in [4.69, 9.17) is 0 Å². The summed E-state index contributed by atoms with van der Waals surface area (Å²) in [6.45, 7) is 1.42. The maximum absolute atomic E-state index is 12.8. The average Bonchev–Trinajstić information content (AvgIpc) is 2.46. The molecule has 0 atom stereocenters. The first-order chi connectivity index (χ1) is 10.3. The fraction of sp³-hybridized carbons (Fsp3) is 0.118. The number of benzene rings is 2. The van der Waals surface area contributed by atoms with Crippen molar-refractivity contribution in [3.05, 3.63) is 71.8 Å². The Morgan fingerprint density at radius 1 is 0.955 bits per heavy atom. The van der Waals surface area contributed by atoms with E-state index in [1.807, 2.05) is 0 Å². The van der Waals surface area contributed by atoms with Crippen molar-refractivity contribution in [1.29, 1.82) is 0 Å². The van der Waals surface area contributed by atoms with Gasteiger partial charge >= 0.3 is 6.18 Å². The van der Waals surface area contributed by atoms with Crippen LogP contribution in [0.4, 0.5) is 13.2 Å². The molecular formula is C17H13F3OS. The van der Waals surface area contributed by atoms with Crippen molar-refractivity contribution in [1.82, 2.24) is 0 Å². The minimum Gasteiger partial charge on any atom is -0.295 e. The summed E-state index contributed by atoms with van der Waals surface area (Å²) in [5, 5.41) is 0. The highest BCUT2D eigenvalue weighted by molar-refractivity contribution is 8.08. The summed E-state index contributed by atoms with van der Waals surface area (Å²) in [6.07, 6.45) is -4.12.